The summed E-state index contributed by atoms with van der Waals surface area (Å²) in [4.78, 5) is 12.0. The van der Waals surface area contributed by atoms with Crippen molar-refractivity contribution in [1.82, 2.24) is 10.4 Å². The molecular formula is C25H31FN4O3. The summed E-state index contributed by atoms with van der Waals surface area (Å²) in [6, 6.07) is 11.4. The minimum atomic E-state index is -0.937. The number of hydrogen-bond acceptors (Lipinski definition) is 7. The Bertz CT molecular complexity index is 1020. The third kappa shape index (κ3) is 4.31. The van der Waals surface area contributed by atoms with Gasteiger partial charge in [0.05, 0.1) is 18.3 Å². The molecule has 3 heterocycles. The van der Waals surface area contributed by atoms with Crippen molar-refractivity contribution in [2.75, 3.05) is 56.2 Å². The quantitative estimate of drug-likeness (QED) is 0.514. The van der Waals surface area contributed by atoms with E-state index in [2.05, 4.69) is 34.2 Å². The van der Waals surface area contributed by atoms with Crippen LogP contribution in [-0.2, 0) is 11.4 Å². The van der Waals surface area contributed by atoms with E-state index in [9.17, 15) is 5.11 Å². The van der Waals surface area contributed by atoms with Crippen LogP contribution >= 0.6 is 0 Å². The molecule has 2 N–H and O–H groups in total. The maximum Gasteiger partial charge on any atom is 0.169 e. The van der Waals surface area contributed by atoms with E-state index >= 15 is 4.39 Å². The molecular weight excluding hydrogens is 423 g/mol. The zero-order chi connectivity index (χ0) is 22.9. The summed E-state index contributed by atoms with van der Waals surface area (Å²) < 4.78 is 21.5. The molecule has 176 valence electrons. The molecule has 0 spiro atoms. The molecule has 3 aliphatic rings. The van der Waals surface area contributed by atoms with E-state index in [-0.39, 0.29) is 11.9 Å². The monoisotopic (exact) mass is 454 g/mol. The Labute approximate surface area is 193 Å². The standard InChI is InChI=1S/C25H31FN4O3/c1-17-15-32-25-22-20(12-21(26)23(25)29-10-8-28(2)9-11-29)24(31)19(14-30(17)22)13-27-33-16-18-6-4-3-5-7-18/h3-7,12,14,17,24,27,31H,8-11,13,15-16H2,1-2H3. The summed E-state index contributed by atoms with van der Waals surface area (Å²) in [5, 5.41) is 11.1. The summed E-state index contributed by atoms with van der Waals surface area (Å²) in [5.41, 5.74) is 6.54. The summed E-state index contributed by atoms with van der Waals surface area (Å²) >= 11 is 0. The third-order valence-electron chi connectivity index (χ3n) is 6.64. The first-order valence-electron chi connectivity index (χ1n) is 11.5. The van der Waals surface area contributed by atoms with Crippen molar-refractivity contribution < 1.29 is 19.1 Å². The molecule has 3 aliphatic heterocycles. The number of rotatable bonds is 6. The van der Waals surface area contributed by atoms with Gasteiger partial charge in [0.1, 0.15) is 18.4 Å². The number of hydrogen-bond donors (Lipinski definition) is 2. The highest BCUT2D eigenvalue weighted by Crippen LogP contribution is 2.51. The van der Waals surface area contributed by atoms with Gasteiger partial charge < -0.3 is 24.5 Å². The van der Waals surface area contributed by atoms with Crippen molar-refractivity contribution in [1.29, 1.82) is 0 Å². The Kier molecular flexibility index (Phi) is 6.25. The molecule has 0 aliphatic carbocycles. The fourth-order valence-corrected chi connectivity index (χ4v) is 4.69. The summed E-state index contributed by atoms with van der Waals surface area (Å²) in [6.07, 6.45) is 1.02. The Morgan fingerprint density at radius 1 is 1.15 bits per heavy atom. The SMILES string of the molecule is CC1COc2c(N3CCN(C)CC3)c(F)cc3c2N1C=C(CNOCc1ccccc1)C3O. The van der Waals surface area contributed by atoms with Crippen LogP contribution in [0.3, 0.4) is 0 Å². The Morgan fingerprint density at radius 3 is 2.67 bits per heavy atom. The van der Waals surface area contributed by atoms with Crippen LogP contribution in [0.5, 0.6) is 5.75 Å². The van der Waals surface area contributed by atoms with Crippen LogP contribution < -0.4 is 20.0 Å². The second-order valence-electron chi connectivity index (χ2n) is 9.03. The van der Waals surface area contributed by atoms with Gasteiger partial charge in [-0.05, 0) is 31.2 Å². The first kappa shape index (κ1) is 22.2. The molecule has 1 saturated heterocycles. The molecule has 5 rings (SSSR count). The van der Waals surface area contributed by atoms with E-state index in [0.29, 0.717) is 36.8 Å². The number of aliphatic hydroxyl groups excluding tert-OH is 1. The van der Waals surface area contributed by atoms with E-state index < -0.39 is 6.10 Å². The van der Waals surface area contributed by atoms with Gasteiger partial charge in [-0.25, -0.2) is 4.39 Å². The fraction of sp³-hybridized carbons (Fsp3) is 0.440. The molecule has 0 amide bonds. The third-order valence-corrected chi connectivity index (χ3v) is 6.64. The summed E-state index contributed by atoms with van der Waals surface area (Å²) in [7, 11) is 2.07. The number of aliphatic hydroxyl groups is 1. The average Bonchev–Trinajstić information content (AvgIpc) is 2.82. The lowest BCUT2D eigenvalue weighted by molar-refractivity contribution is 0.0299. The number of nitrogens with one attached hydrogen (secondary N) is 1. The number of nitrogens with zero attached hydrogens (tertiary/aromatic N) is 3. The zero-order valence-corrected chi connectivity index (χ0v) is 19.1. The van der Waals surface area contributed by atoms with Crippen molar-refractivity contribution in [3.8, 4) is 5.75 Å². The van der Waals surface area contributed by atoms with Crippen LogP contribution in [0.1, 0.15) is 24.2 Å². The number of ether oxygens (including phenoxy) is 1. The van der Waals surface area contributed by atoms with Crippen LogP contribution in [0.2, 0.25) is 0 Å². The summed E-state index contributed by atoms with van der Waals surface area (Å²) in [5.74, 6) is 0.187. The van der Waals surface area contributed by atoms with Gasteiger partial charge in [0.15, 0.2) is 11.6 Å². The number of halogens is 1. The highest BCUT2D eigenvalue weighted by molar-refractivity contribution is 5.81. The molecule has 1 fully saturated rings. The van der Waals surface area contributed by atoms with E-state index in [1.807, 2.05) is 36.5 Å². The number of hydroxylamine groups is 1. The van der Waals surface area contributed by atoms with Crippen LogP contribution in [0, 0.1) is 5.82 Å². The Hall–Kier alpha value is -2.65. The molecule has 33 heavy (non-hydrogen) atoms. The second kappa shape index (κ2) is 9.30. The van der Waals surface area contributed by atoms with Crippen molar-refractivity contribution in [2.45, 2.75) is 25.7 Å². The fourth-order valence-electron chi connectivity index (χ4n) is 4.69. The predicted octanol–water partition coefficient (Wildman–Crippen LogP) is 2.82. The van der Waals surface area contributed by atoms with Crippen LogP contribution in [0.15, 0.2) is 48.2 Å². The largest absolute Gasteiger partial charge is 0.487 e. The van der Waals surface area contributed by atoms with Gasteiger partial charge in [0, 0.05) is 44.5 Å². The molecule has 2 aromatic carbocycles. The molecule has 8 heteroatoms. The second-order valence-corrected chi connectivity index (χ2v) is 9.03. The highest BCUT2D eigenvalue weighted by atomic mass is 19.1. The molecule has 2 atom stereocenters. The lowest BCUT2D eigenvalue weighted by Crippen LogP contribution is -2.46. The van der Waals surface area contributed by atoms with E-state index in [1.54, 1.807) is 0 Å². The average molecular weight is 455 g/mol. The van der Waals surface area contributed by atoms with E-state index in [0.717, 1.165) is 43.0 Å². The number of anilines is 2. The molecule has 2 unspecified atom stereocenters. The zero-order valence-electron chi connectivity index (χ0n) is 19.1. The van der Waals surface area contributed by atoms with Gasteiger partial charge >= 0.3 is 0 Å². The van der Waals surface area contributed by atoms with Gasteiger partial charge in [-0.1, -0.05) is 30.3 Å². The molecule has 0 radical (unpaired) electrons. The Morgan fingerprint density at radius 2 is 1.91 bits per heavy atom. The molecule has 0 bridgehead atoms. The minimum Gasteiger partial charge on any atom is -0.487 e. The number of likely N-dealkylation sites (N-methyl/N-ethyl adjacent to an activating group) is 1. The van der Waals surface area contributed by atoms with Gasteiger partial charge in [-0.2, -0.15) is 5.48 Å². The topological polar surface area (TPSA) is 60.4 Å². The number of benzene rings is 2. The minimum absolute atomic E-state index is 0.0646. The van der Waals surface area contributed by atoms with Crippen molar-refractivity contribution >= 4 is 11.4 Å². The molecule has 0 saturated carbocycles. The van der Waals surface area contributed by atoms with Gasteiger partial charge in [0.25, 0.3) is 0 Å². The van der Waals surface area contributed by atoms with E-state index in [1.165, 1.54) is 6.07 Å². The predicted molar refractivity (Wildman–Crippen MR) is 126 cm³/mol. The van der Waals surface area contributed by atoms with Crippen LogP contribution in [0.4, 0.5) is 15.8 Å². The first-order chi connectivity index (χ1) is 16.0. The lowest BCUT2D eigenvalue weighted by Gasteiger charge is -2.43. The highest BCUT2D eigenvalue weighted by Gasteiger charge is 2.38. The molecule has 7 nitrogen and oxygen atoms in total. The van der Waals surface area contributed by atoms with E-state index in [4.69, 9.17) is 9.57 Å². The molecule has 2 aromatic rings. The number of piperazine rings is 1. The van der Waals surface area contributed by atoms with Crippen molar-refractivity contribution in [3.05, 3.63) is 65.1 Å². The smallest absolute Gasteiger partial charge is 0.169 e. The maximum absolute atomic E-state index is 15.4. The van der Waals surface area contributed by atoms with Gasteiger partial charge in [-0.15, -0.1) is 0 Å². The van der Waals surface area contributed by atoms with Crippen molar-refractivity contribution in [2.24, 2.45) is 0 Å². The van der Waals surface area contributed by atoms with Gasteiger partial charge in [0.2, 0.25) is 0 Å². The lowest BCUT2D eigenvalue weighted by atomic mass is 9.92. The molecule has 0 aromatic heterocycles. The van der Waals surface area contributed by atoms with Crippen molar-refractivity contribution in [3.63, 3.8) is 0 Å². The Balaban J connectivity index is 1.38. The first-order valence-corrected chi connectivity index (χ1v) is 11.5. The maximum atomic E-state index is 15.4. The summed E-state index contributed by atoms with van der Waals surface area (Å²) in [6.45, 7) is 6.49. The normalized spacial score (nSPS) is 22.6. The van der Waals surface area contributed by atoms with Crippen LogP contribution in [0.25, 0.3) is 0 Å². The van der Waals surface area contributed by atoms with Crippen LogP contribution in [-0.4, -0.2) is 62.4 Å². The van der Waals surface area contributed by atoms with Gasteiger partial charge in [-0.3, -0.25) is 4.84 Å².